The van der Waals surface area contributed by atoms with Crippen LogP contribution in [0.3, 0.4) is 0 Å². The molecule has 0 aliphatic heterocycles. The van der Waals surface area contributed by atoms with Gasteiger partial charge in [-0.3, -0.25) is 4.57 Å². The fraction of sp³-hybridized carbons (Fsp3) is 0. The van der Waals surface area contributed by atoms with E-state index < -0.39 is 0 Å². The molecule has 0 amide bonds. The van der Waals surface area contributed by atoms with Gasteiger partial charge in [0, 0.05) is 22.5 Å². The first kappa shape index (κ1) is 23.8. The summed E-state index contributed by atoms with van der Waals surface area (Å²) in [5.41, 5.74) is 7.76. The highest BCUT2D eigenvalue weighted by Gasteiger charge is 2.20. The minimum Gasteiger partial charge on any atom is -0.292 e. The van der Waals surface area contributed by atoms with Gasteiger partial charge in [0.25, 0.3) is 0 Å². The molecule has 0 radical (unpaired) electrons. The first-order chi connectivity index (χ1) is 21.3. The summed E-state index contributed by atoms with van der Waals surface area (Å²) < 4.78 is 2.25. The molecule has 0 N–H and O–H groups in total. The van der Waals surface area contributed by atoms with Gasteiger partial charge in [0.15, 0.2) is 11.5 Å². The zero-order valence-electron chi connectivity index (χ0n) is 23.1. The maximum absolute atomic E-state index is 5.18. The molecule has 4 nitrogen and oxygen atoms in total. The molecule has 0 saturated carbocycles. The summed E-state index contributed by atoms with van der Waals surface area (Å²) in [4.78, 5) is 14.9. The van der Waals surface area contributed by atoms with Crippen molar-refractivity contribution in [2.24, 2.45) is 0 Å². The average Bonchev–Trinajstić information content (AvgIpc) is 3.39. The lowest BCUT2D eigenvalue weighted by atomic mass is 9.99. The lowest BCUT2D eigenvalue weighted by molar-refractivity contribution is 1.07. The summed E-state index contributed by atoms with van der Waals surface area (Å²) in [6.07, 6.45) is 1.78. The second kappa shape index (κ2) is 9.33. The number of para-hydroxylation sites is 1. The Morgan fingerprint density at radius 2 is 1.12 bits per heavy atom. The molecule has 200 valence electrons. The van der Waals surface area contributed by atoms with Gasteiger partial charge in [-0.25, -0.2) is 15.0 Å². The van der Waals surface area contributed by atoms with Crippen molar-refractivity contribution in [1.29, 1.82) is 0 Å². The summed E-state index contributed by atoms with van der Waals surface area (Å²) in [6.45, 7) is 0. The fourth-order valence-corrected chi connectivity index (χ4v) is 6.31. The Hall–Kier alpha value is -5.87. The van der Waals surface area contributed by atoms with Gasteiger partial charge in [0.05, 0.1) is 11.0 Å². The Kier molecular flexibility index (Phi) is 5.16. The number of pyridine rings is 1. The van der Waals surface area contributed by atoms with Crippen LogP contribution in [0.1, 0.15) is 0 Å². The third-order valence-electron chi connectivity index (χ3n) is 8.41. The summed E-state index contributed by atoms with van der Waals surface area (Å²) in [7, 11) is 0. The van der Waals surface area contributed by atoms with E-state index >= 15 is 0 Å². The van der Waals surface area contributed by atoms with E-state index in [1.54, 1.807) is 6.20 Å². The molecule has 6 aromatic carbocycles. The molecular weight excluding hydrogens is 524 g/mol. The fourth-order valence-electron chi connectivity index (χ4n) is 6.31. The topological polar surface area (TPSA) is 43.6 Å². The summed E-state index contributed by atoms with van der Waals surface area (Å²) >= 11 is 0. The van der Waals surface area contributed by atoms with Gasteiger partial charge < -0.3 is 0 Å². The highest BCUT2D eigenvalue weighted by Crippen LogP contribution is 2.37. The van der Waals surface area contributed by atoms with Crippen LogP contribution in [0.25, 0.3) is 82.7 Å². The SMILES string of the molecule is c1ccc2cc(-c3ccc(-c4nc5cccnc5nc4-n4c5ccccc5c5cc6ccccc6cc54)cc3)ccc2c1. The molecule has 0 spiro atoms. The number of fused-ring (bicyclic) bond motifs is 6. The molecule has 3 heterocycles. The molecular formula is C39H24N4. The first-order valence-electron chi connectivity index (χ1n) is 14.4. The number of rotatable bonds is 3. The second-order valence-electron chi connectivity index (χ2n) is 11.0. The third-order valence-corrected chi connectivity index (χ3v) is 8.41. The van der Waals surface area contributed by atoms with E-state index in [9.17, 15) is 0 Å². The number of benzene rings is 6. The largest absolute Gasteiger partial charge is 0.292 e. The van der Waals surface area contributed by atoms with Crippen LogP contribution in [0.2, 0.25) is 0 Å². The van der Waals surface area contributed by atoms with Crippen LogP contribution in [0.4, 0.5) is 0 Å². The van der Waals surface area contributed by atoms with E-state index in [2.05, 4.69) is 137 Å². The average molecular weight is 549 g/mol. The normalized spacial score (nSPS) is 11.7. The third kappa shape index (κ3) is 3.81. The first-order valence-corrected chi connectivity index (χ1v) is 14.4. The van der Waals surface area contributed by atoms with Crippen LogP contribution in [0, 0.1) is 0 Å². The van der Waals surface area contributed by atoms with E-state index in [1.165, 1.54) is 37.9 Å². The van der Waals surface area contributed by atoms with Crippen molar-refractivity contribution in [3.8, 4) is 28.2 Å². The molecule has 0 aliphatic carbocycles. The smallest absolute Gasteiger partial charge is 0.180 e. The van der Waals surface area contributed by atoms with Crippen LogP contribution < -0.4 is 0 Å². The van der Waals surface area contributed by atoms with Gasteiger partial charge in [-0.2, -0.15) is 0 Å². The lowest BCUT2D eigenvalue weighted by Crippen LogP contribution is -2.04. The summed E-state index contributed by atoms with van der Waals surface area (Å²) in [5.74, 6) is 0.770. The molecule has 0 bridgehead atoms. The summed E-state index contributed by atoms with van der Waals surface area (Å²) in [5, 5.41) is 7.25. The van der Waals surface area contributed by atoms with Gasteiger partial charge in [-0.05, 0) is 69.1 Å². The maximum atomic E-state index is 5.18. The number of hydrogen-bond donors (Lipinski definition) is 0. The zero-order valence-corrected chi connectivity index (χ0v) is 23.1. The van der Waals surface area contributed by atoms with Crippen LogP contribution in [-0.4, -0.2) is 19.5 Å². The lowest BCUT2D eigenvalue weighted by Gasteiger charge is -2.14. The van der Waals surface area contributed by atoms with Gasteiger partial charge in [-0.1, -0.05) is 103 Å². The second-order valence-corrected chi connectivity index (χ2v) is 11.0. The van der Waals surface area contributed by atoms with Crippen LogP contribution >= 0.6 is 0 Å². The molecule has 4 heteroatoms. The minimum absolute atomic E-state index is 0.626. The maximum Gasteiger partial charge on any atom is 0.180 e. The quantitative estimate of drug-likeness (QED) is 0.221. The summed E-state index contributed by atoms with van der Waals surface area (Å²) in [6, 6.07) is 49.2. The van der Waals surface area contributed by atoms with Crippen molar-refractivity contribution in [2.45, 2.75) is 0 Å². The van der Waals surface area contributed by atoms with Gasteiger partial charge in [0.2, 0.25) is 0 Å². The van der Waals surface area contributed by atoms with Gasteiger partial charge in [-0.15, -0.1) is 0 Å². The molecule has 9 aromatic rings. The Balaban J connectivity index is 1.29. The number of nitrogens with zero attached hydrogens (tertiary/aromatic N) is 4. The van der Waals surface area contributed by atoms with Gasteiger partial charge in [0.1, 0.15) is 11.2 Å². The van der Waals surface area contributed by atoms with Crippen molar-refractivity contribution in [3.05, 3.63) is 146 Å². The van der Waals surface area contributed by atoms with E-state index in [0.717, 1.165) is 39.2 Å². The van der Waals surface area contributed by atoms with E-state index in [1.807, 2.05) is 12.1 Å². The van der Waals surface area contributed by atoms with Crippen LogP contribution in [0.15, 0.2) is 146 Å². The van der Waals surface area contributed by atoms with Crippen molar-refractivity contribution >= 4 is 54.5 Å². The van der Waals surface area contributed by atoms with Crippen LogP contribution in [0.5, 0.6) is 0 Å². The molecule has 9 rings (SSSR count). The molecule has 43 heavy (non-hydrogen) atoms. The highest BCUT2D eigenvalue weighted by molar-refractivity contribution is 6.13. The predicted octanol–water partition coefficient (Wildman–Crippen LogP) is 9.76. The standard InChI is InChI=1S/C39H24N4/c1-2-9-28-22-31(20-17-25(28)8-1)26-15-18-27(19-16-26)37-39(42-38-34(41-37)13-7-21-40-38)43-35-14-6-5-12-32(35)33-23-29-10-3-4-11-30(29)24-36(33)43/h1-24H. The Morgan fingerprint density at radius 1 is 0.442 bits per heavy atom. The Labute approximate surface area is 247 Å². The van der Waals surface area contributed by atoms with Crippen molar-refractivity contribution in [1.82, 2.24) is 19.5 Å². The van der Waals surface area contributed by atoms with Crippen molar-refractivity contribution < 1.29 is 0 Å². The van der Waals surface area contributed by atoms with Crippen molar-refractivity contribution in [2.75, 3.05) is 0 Å². The molecule has 0 aliphatic rings. The van der Waals surface area contributed by atoms with E-state index in [4.69, 9.17) is 9.97 Å². The number of aromatic nitrogens is 4. The van der Waals surface area contributed by atoms with Crippen molar-refractivity contribution in [3.63, 3.8) is 0 Å². The molecule has 3 aromatic heterocycles. The molecule has 0 saturated heterocycles. The molecule has 0 unspecified atom stereocenters. The Morgan fingerprint density at radius 3 is 1.95 bits per heavy atom. The Bertz CT molecular complexity index is 2510. The van der Waals surface area contributed by atoms with E-state index in [0.29, 0.717) is 5.65 Å². The molecule has 0 fully saturated rings. The van der Waals surface area contributed by atoms with E-state index in [-0.39, 0.29) is 0 Å². The van der Waals surface area contributed by atoms with Crippen LogP contribution in [-0.2, 0) is 0 Å². The number of hydrogen-bond acceptors (Lipinski definition) is 3. The zero-order chi connectivity index (χ0) is 28.3. The van der Waals surface area contributed by atoms with Gasteiger partial charge >= 0.3 is 0 Å². The predicted molar refractivity (Wildman–Crippen MR) is 178 cm³/mol. The minimum atomic E-state index is 0.626. The monoisotopic (exact) mass is 548 g/mol. The highest BCUT2D eigenvalue weighted by atomic mass is 15.1. The molecule has 0 atom stereocenters.